The number of cyclic esters (lactones) is 1. The lowest BCUT2D eigenvalue weighted by atomic mass is 9.93. The van der Waals surface area contributed by atoms with Crippen LogP contribution in [0.4, 0.5) is 0 Å². The predicted molar refractivity (Wildman–Crippen MR) is 113 cm³/mol. The van der Waals surface area contributed by atoms with Crippen LogP contribution in [0.15, 0.2) is 71.0 Å². The first-order valence-electron chi connectivity index (χ1n) is 9.60. The Kier molecular flexibility index (Phi) is 4.83. The predicted octanol–water partition coefficient (Wildman–Crippen LogP) is 3.57. The number of hydrogen-bond donors (Lipinski definition) is 0. The molecule has 0 saturated heterocycles. The lowest BCUT2D eigenvalue weighted by molar-refractivity contribution is 0.0251. The van der Waals surface area contributed by atoms with E-state index in [1.165, 1.54) is 27.9 Å². The van der Waals surface area contributed by atoms with E-state index in [9.17, 15) is 14.4 Å². The first-order valence-corrected chi connectivity index (χ1v) is 10.5. The molecule has 0 aliphatic carbocycles. The number of carbonyl (C=O) groups is 2. The summed E-state index contributed by atoms with van der Waals surface area (Å²) in [5, 5.41) is 1.76. The standard InChI is InChI=1S/C23H16N2O5S/c26-20-12-17(24-23-25(20)8-9-31-23)13-29-21(27)15-6-7-18-16(10-15)11-19(30-22(18)28)14-4-2-1-3-5-14/h1-10,12,19H,11,13H2/t19-/m0/s1. The molecule has 8 heteroatoms. The molecule has 0 saturated carbocycles. The topological polar surface area (TPSA) is 87.0 Å². The summed E-state index contributed by atoms with van der Waals surface area (Å²) in [6.45, 7) is -0.117. The van der Waals surface area contributed by atoms with E-state index in [0.29, 0.717) is 28.2 Å². The Hall–Kier alpha value is -3.78. The number of aromatic nitrogens is 2. The molecule has 0 spiro atoms. The highest BCUT2D eigenvalue weighted by atomic mass is 32.1. The van der Waals surface area contributed by atoms with Gasteiger partial charge in [0.05, 0.1) is 16.8 Å². The molecule has 0 amide bonds. The van der Waals surface area contributed by atoms with Crippen molar-refractivity contribution in [1.82, 2.24) is 9.38 Å². The molecule has 0 radical (unpaired) electrons. The molecule has 1 atom stereocenters. The highest BCUT2D eigenvalue weighted by molar-refractivity contribution is 7.15. The van der Waals surface area contributed by atoms with E-state index in [4.69, 9.17) is 9.47 Å². The van der Waals surface area contributed by atoms with Crippen LogP contribution in [-0.2, 0) is 22.5 Å². The van der Waals surface area contributed by atoms with E-state index >= 15 is 0 Å². The van der Waals surface area contributed by atoms with Gasteiger partial charge >= 0.3 is 11.9 Å². The summed E-state index contributed by atoms with van der Waals surface area (Å²) >= 11 is 1.33. The zero-order valence-electron chi connectivity index (χ0n) is 16.2. The number of esters is 2. The molecule has 0 fully saturated rings. The molecule has 4 aromatic rings. The van der Waals surface area contributed by atoms with Crippen molar-refractivity contribution in [1.29, 1.82) is 0 Å². The Morgan fingerprint density at radius 2 is 2.00 bits per heavy atom. The maximum atomic E-state index is 12.6. The number of thiazole rings is 1. The second kappa shape index (κ2) is 7.81. The highest BCUT2D eigenvalue weighted by Gasteiger charge is 2.28. The first-order chi connectivity index (χ1) is 15.1. The fourth-order valence-electron chi connectivity index (χ4n) is 3.56. The molecule has 1 aliphatic rings. The van der Waals surface area contributed by atoms with Gasteiger partial charge in [0.2, 0.25) is 0 Å². The summed E-state index contributed by atoms with van der Waals surface area (Å²) in [5.74, 6) is -0.963. The molecule has 31 heavy (non-hydrogen) atoms. The monoisotopic (exact) mass is 432 g/mol. The summed E-state index contributed by atoms with van der Waals surface area (Å²) in [6.07, 6.45) is 1.72. The molecule has 0 N–H and O–H groups in total. The van der Waals surface area contributed by atoms with Gasteiger partial charge in [-0.3, -0.25) is 9.20 Å². The molecule has 0 unspecified atom stereocenters. The molecule has 2 aromatic carbocycles. The summed E-state index contributed by atoms with van der Waals surface area (Å²) in [7, 11) is 0. The minimum atomic E-state index is -0.550. The molecule has 5 rings (SSSR count). The Balaban J connectivity index is 1.34. The lowest BCUT2D eigenvalue weighted by Crippen LogP contribution is -2.22. The summed E-state index contributed by atoms with van der Waals surface area (Å²) in [5.41, 5.74) is 2.56. The van der Waals surface area contributed by atoms with Gasteiger partial charge in [-0.1, -0.05) is 30.3 Å². The maximum absolute atomic E-state index is 12.6. The fourth-order valence-corrected chi connectivity index (χ4v) is 4.30. The van der Waals surface area contributed by atoms with Crippen LogP contribution in [0.25, 0.3) is 4.96 Å². The second-order valence-electron chi connectivity index (χ2n) is 7.10. The largest absolute Gasteiger partial charge is 0.456 e. The number of rotatable bonds is 4. The van der Waals surface area contributed by atoms with E-state index in [0.717, 1.165) is 11.1 Å². The number of fused-ring (bicyclic) bond motifs is 2. The highest BCUT2D eigenvalue weighted by Crippen LogP contribution is 2.31. The smallest absolute Gasteiger partial charge is 0.339 e. The summed E-state index contributed by atoms with van der Waals surface area (Å²) in [6, 6.07) is 15.6. The van der Waals surface area contributed by atoms with E-state index in [-0.39, 0.29) is 12.2 Å². The van der Waals surface area contributed by atoms with Crippen LogP contribution < -0.4 is 5.56 Å². The van der Waals surface area contributed by atoms with Crippen molar-refractivity contribution in [3.8, 4) is 0 Å². The van der Waals surface area contributed by atoms with Crippen LogP contribution in [0.3, 0.4) is 0 Å². The van der Waals surface area contributed by atoms with Crippen molar-refractivity contribution in [2.24, 2.45) is 0 Å². The van der Waals surface area contributed by atoms with Gasteiger partial charge in [0.1, 0.15) is 12.7 Å². The van der Waals surface area contributed by atoms with Gasteiger partial charge in [0, 0.05) is 24.1 Å². The summed E-state index contributed by atoms with van der Waals surface area (Å²) in [4.78, 5) is 41.9. The van der Waals surface area contributed by atoms with Crippen molar-refractivity contribution < 1.29 is 19.1 Å². The van der Waals surface area contributed by atoms with E-state index in [1.807, 2.05) is 30.3 Å². The third kappa shape index (κ3) is 3.73. The molecular formula is C23H16N2O5S. The van der Waals surface area contributed by atoms with Crippen LogP contribution in [-0.4, -0.2) is 21.3 Å². The molecule has 3 heterocycles. The normalized spacial score (nSPS) is 15.4. The van der Waals surface area contributed by atoms with E-state index in [1.54, 1.807) is 23.7 Å². The SMILES string of the molecule is O=C(OCc1cc(=O)n2ccsc2n1)c1ccc2c(c1)C[C@@H](c1ccccc1)OC2=O. The molecular weight excluding hydrogens is 416 g/mol. The third-order valence-corrected chi connectivity index (χ3v) is 5.85. The minimum absolute atomic E-state index is 0.117. The fraction of sp³-hybridized carbons (Fsp3) is 0.130. The third-order valence-electron chi connectivity index (χ3n) is 5.09. The Morgan fingerprint density at radius 3 is 2.84 bits per heavy atom. The van der Waals surface area contributed by atoms with Gasteiger partial charge in [-0.05, 0) is 29.3 Å². The number of nitrogens with zero attached hydrogens (tertiary/aromatic N) is 2. The van der Waals surface area contributed by atoms with E-state index in [2.05, 4.69) is 4.98 Å². The number of hydrogen-bond acceptors (Lipinski definition) is 7. The zero-order chi connectivity index (χ0) is 21.4. The quantitative estimate of drug-likeness (QED) is 0.458. The van der Waals surface area contributed by atoms with Gasteiger partial charge in [-0.25, -0.2) is 14.6 Å². The molecule has 1 aliphatic heterocycles. The Bertz CT molecular complexity index is 1360. The van der Waals surface area contributed by atoms with Gasteiger partial charge in [-0.15, -0.1) is 11.3 Å². The minimum Gasteiger partial charge on any atom is -0.456 e. The van der Waals surface area contributed by atoms with Crippen molar-refractivity contribution >= 4 is 28.2 Å². The second-order valence-corrected chi connectivity index (χ2v) is 7.97. The van der Waals surface area contributed by atoms with Crippen LogP contribution in [0.5, 0.6) is 0 Å². The van der Waals surface area contributed by atoms with Gasteiger partial charge < -0.3 is 9.47 Å². The molecule has 2 aromatic heterocycles. The van der Waals surface area contributed by atoms with Gasteiger partial charge in [0.25, 0.3) is 5.56 Å². The van der Waals surface area contributed by atoms with Crippen molar-refractivity contribution in [2.75, 3.05) is 0 Å². The Labute approximate surface area is 180 Å². The van der Waals surface area contributed by atoms with Crippen LogP contribution >= 0.6 is 11.3 Å². The Morgan fingerprint density at radius 1 is 1.16 bits per heavy atom. The number of carbonyl (C=O) groups excluding carboxylic acids is 2. The van der Waals surface area contributed by atoms with Crippen LogP contribution in [0.1, 0.15) is 43.6 Å². The lowest BCUT2D eigenvalue weighted by Gasteiger charge is -2.25. The van der Waals surface area contributed by atoms with E-state index < -0.39 is 18.0 Å². The molecule has 7 nitrogen and oxygen atoms in total. The average Bonchev–Trinajstić information content (AvgIpc) is 3.27. The molecule has 0 bridgehead atoms. The number of ether oxygens (including phenoxy) is 2. The average molecular weight is 432 g/mol. The number of benzene rings is 2. The van der Waals surface area contributed by atoms with Crippen molar-refractivity contribution in [3.05, 3.63) is 104 Å². The van der Waals surface area contributed by atoms with Crippen LogP contribution in [0.2, 0.25) is 0 Å². The van der Waals surface area contributed by atoms with Crippen molar-refractivity contribution in [2.45, 2.75) is 19.1 Å². The first kappa shape index (κ1) is 19.2. The van der Waals surface area contributed by atoms with Crippen LogP contribution in [0, 0.1) is 0 Å². The van der Waals surface area contributed by atoms with Gasteiger partial charge in [0.15, 0.2) is 4.96 Å². The van der Waals surface area contributed by atoms with Crippen molar-refractivity contribution in [3.63, 3.8) is 0 Å². The zero-order valence-corrected chi connectivity index (χ0v) is 17.0. The molecule has 154 valence electrons. The maximum Gasteiger partial charge on any atom is 0.339 e. The van der Waals surface area contributed by atoms with Gasteiger partial charge in [-0.2, -0.15) is 0 Å². The summed E-state index contributed by atoms with van der Waals surface area (Å²) < 4.78 is 12.3.